The average Bonchev–Trinajstić information content (AvgIpc) is 2.47. The molecular weight excluding hydrogens is 260 g/mol. The number of nitrogens with zero attached hydrogens (tertiary/aromatic N) is 1. The quantitative estimate of drug-likeness (QED) is 0.874. The minimum atomic E-state index is 0.219. The van der Waals surface area contributed by atoms with Crippen molar-refractivity contribution >= 4 is 5.69 Å². The van der Waals surface area contributed by atoms with E-state index in [-0.39, 0.29) is 6.04 Å². The smallest absolute Gasteiger partial charge is 0.0750 e. The fraction of sp³-hybridized carbons (Fsp3) is 0.667. The van der Waals surface area contributed by atoms with E-state index >= 15 is 0 Å². The van der Waals surface area contributed by atoms with Crippen LogP contribution in [0.25, 0.3) is 0 Å². The third-order valence-electron chi connectivity index (χ3n) is 4.17. The van der Waals surface area contributed by atoms with Crippen LogP contribution in [0.3, 0.4) is 0 Å². The van der Waals surface area contributed by atoms with Crippen molar-refractivity contribution in [3.8, 4) is 0 Å². The van der Waals surface area contributed by atoms with E-state index in [1.54, 1.807) is 0 Å². The Kier molecular flexibility index (Phi) is 6.07. The van der Waals surface area contributed by atoms with E-state index < -0.39 is 0 Å². The van der Waals surface area contributed by atoms with Crippen LogP contribution < -0.4 is 10.6 Å². The number of nitrogens with two attached hydrogens (primary N) is 1. The van der Waals surface area contributed by atoms with Gasteiger partial charge >= 0.3 is 0 Å². The van der Waals surface area contributed by atoms with Gasteiger partial charge in [0.1, 0.15) is 0 Å². The molecule has 1 aliphatic rings. The molecule has 1 fully saturated rings. The van der Waals surface area contributed by atoms with Crippen molar-refractivity contribution in [2.24, 2.45) is 5.73 Å². The molecule has 1 aromatic carbocycles. The van der Waals surface area contributed by atoms with Crippen LogP contribution >= 0.6 is 0 Å². The van der Waals surface area contributed by atoms with Gasteiger partial charge in [0.2, 0.25) is 0 Å². The van der Waals surface area contributed by atoms with Crippen LogP contribution in [-0.2, 0) is 11.2 Å². The second-order valence-corrected chi connectivity index (χ2v) is 6.37. The molecule has 0 bridgehead atoms. The molecule has 21 heavy (non-hydrogen) atoms. The topological polar surface area (TPSA) is 38.5 Å². The Bertz CT molecular complexity index is 445. The lowest BCUT2D eigenvalue weighted by molar-refractivity contribution is 0.0440. The third kappa shape index (κ3) is 4.72. The number of hydrogen-bond acceptors (Lipinski definition) is 3. The fourth-order valence-corrected chi connectivity index (χ4v) is 3.05. The summed E-state index contributed by atoms with van der Waals surface area (Å²) in [7, 11) is 0. The number of piperidine rings is 1. The highest BCUT2D eigenvalue weighted by atomic mass is 16.5. The van der Waals surface area contributed by atoms with E-state index in [1.807, 2.05) is 0 Å². The van der Waals surface area contributed by atoms with Gasteiger partial charge in [0, 0.05) is 31.4 Å². The normalized spacial score (nSPS) is 20.6. The standard InChI is InChI=1S/C18H30N2O/c1-4-10-21-18-6-5-9-20(13-18)17-8-7-16(12-15(3)19)14(2)11-17/h7-8,11,15,18H,4-6,9-10,12-13,19H2,1-3H3. The second kappa shape index (κ2) is 7.81. The van der Waals surface area contributed by atoms with Gasteiger partial charge < -0.3 is 15.4 Å². The van der Waals surface area contributed by atoms with E-state index in [0.717, 1.165) is 32.5 Å². The largest absolute Gasteiger partial charge is 0.376 e. The summed E-state index contributed by atoms with van der Waals surface area (Å²) < 4.78 is 5.93. The zero-order valence-electron chi connectivity index (χ0n) is 13.8. The summed E-state index contributed by atoms with van der Waals surface area (Å²) in [6.45, 7) is 9.46. The van der Waals surface area contributed by atoms with Gasteiger partial charge in [0.15, 0.2) is 0 Å². The second-order valence-electron chi connectivity index (χ2n) is 6.37. The maximum atomic E-state index is 5.93. The van der Waals surface area contributed by atoms with E-state index in [2.05, 4.69) is 43.9 Å². The molecular formula is C18H30N2O. The van der Waals surface area contributed by atoms with E-state index in [4.69, 9.17) is 10.5 Å². The van der Waals surface area contributed by atoms with Crippen LogP contribution in [0.5, 0.6) is 0 Å². The summed E-state index contributed by atoms with van der Waals surface area (Å²) in [4.78, 5) is 2.46. The van der Waals surface area contributed by atoms with Crippen LogP contribution in [0.2, 0.25) is 0 Å². The highest BCUT2D eigenvalue weighted by molar-refractivity contribution is 5.51. The Morgan fingerprint density at radius 1 is 1.43 bits per heavy atom. The number of hydrogen-bond donors (Lipinski definition) is 1. The maximum Gasteiger partial charge on any atom is 0.0750 e. The van der Waals surface area contributed by atoms with Gasteiger partial charge in [-0.3, -0.25) is 0 Å². The highest BCUT2D eigenvalue weighted by Crippen LogP contribution is 2.24. The number of aryl methyl sites for hydroxylation is 1. The van der Waals surface area contributed by atoms with Gasteiger partial charge in [0.25, 0.3) is 0 Å². The summed E-state index contributed by atoms with van der Waals surface area (Å²) >= 11 is 0. The summed E-state index contributed by atoms with van der Waals surface area (Å²) in [5.74, 6) is 0. The minimum Gasteiger partial charge on any atom is -0.376 e. The molecule has 3 heteroatoms. The molecule has 1 heterocycles. The van der Waals surface area contributed by atoms with Gasteiger partial charge in [-0.15, -0.1) is 0 Å². The molecule has 118 valence electrons. The first-order valence-corrected chi connectivity index (χ1v) is 8.31. The van der Waals surface area contributed by atoms with Crippen molar-refractivity contribution in [3.05, 3.63) is 29.3 Å². The molecule has 1 saturated heterocycles. The van der Waals surface area contributed by atoms with Crippen LogP contribution in [-0.4, -0.2) is 31.8 Å². The first-order valence-electron chi connectivity index (χ1n) is 8.31. The molecule has 0 radical (unpaired) electrons. The van der Waals surface area contributed by atoms with Crippen LogP contribution in [0.4, 0.5) is 5.69 Å². The number of rotatable bonds is 6. The molecule has 1 aliphatic heterocycles. The lowest BCUT2D eigenvalue weighted by Crippen LogP contribution is -2.39. The zero-order valence-corrected chi connectivity index (χ0v) is 13.8. The predicted octanol–water partition coefficient (Wildman–Crippen LogP) is 3.28. The SMILES string of the molecule is CCCOC1CCCN(c2ccc(CC(C)N)c(C)c2)C1. The minimum absolute atomic E-state index is 0.219. The molecule has 2 N–H and O–H groups in total. The fourth-order valence-electron chi connectivity index (χ4n) is 3.05. The van der Waals surface area contributed by atoms with E-state index in [0.29, 0.717) is 6.10 Å². The summed E-state index contributed by atoms with van der Waals surface area (Å²) in [5, 5.41) is 0. The van der Waals surface area contributed by atoms with Crippen molar-refractivity contribution in [2.45, 2.75) is 58.6 Å². The van der Waals surface area contributed by atoms with Gasteiger partial charge in [-0.1, -0.05) is 13.0 Å². The van der Waals surface area contributed by atoms with Crippen molar-refractivity contribution < 1.29 is 4.74 Å². The molecule has 0 aliphatic carbocycles. The summed E-state index contributed by atoms with van der Waals surface area (Å²) in [5.41, 5.74) is 9.95. The number of benzene rings is 1. The van der Waals surface area contributed by atoms with E-state index in [1.165, 1.54) is 29.7 Å². The maximum absolute atomic E-state index is 5.93. The Labute approximate surface area is 129 Å². The van der Waals surface area contributed by atoms with Crippen LogP contribution in [0.15, 0.2) is 18.2 Å². The van der Waals surface area contributed by atoms with Gasteiger partial charge in [-0.25, -0.2) is 0 Å². The molecule has 1 aromatic rings. The number of anilines is 1. The number of ether oxygens (including phenoxy) is 1. The first kappa shape index (κ1) is 16.3. The molecule has 3 nitrogen and oxygen atoms in total. The lowest BCUT2D eigenvalue weighted by atomic mass is 10.0. The third-order valence-corrected chi connectivity index (χ3v) is 4.17. The Morgan fingerprint density at radius 3 is 2.90 bits per heavy atom. The summed E-state index contributed by atoms with van der Waals surface area (Å²) in [6, 6.07) is 7.01. The predicted molar refractivity (Wildman–Crippen MR) is 90.0 cm³/mol. The molecule has 0 amide bonds. The van der Waals surface area contributed by atoms with Crippen molar-refractivity contribution in [3.63, 3.8) is 0 Å². The molecule has 0 aromatic heterocycles. The van der Waals surface area contributed by atoms with Gasteiger partial charge in [0.05, 0.1) is 6.10 Å². The van der Waals surface area contributed by atoms with Gasteiger partial charge in [-0.2, -0.15) is 0 Å². The zero-order chi connectivity index (χ0) is 15.2. The lowest BCUT2D eigenvalue weighted by Gasteiger charge is -2.34. The molecule has 0 spiro atoms. The molecule has 0 saturated carbocycles. The molecule has 2 atom stereocenters. The van der Waals surface area contributed by atoms with Crippen LogP contribution in [0.1, 0.15) is 44.2 Å². The Morgan fingerprint density at radius 2 is 2.24 bits per heavy atom. The van der Waals surface area contributed by atoms with Crippen LogP contribution in [0, 0.1) is 6.92 Å². The molecule has 2 unspecified atom stereocenters. The van der Waals surface area contributed by atoms with Crippen molar-refractivity contribution in [1.29, 1.82) is 0 Å². The summed E-state index contributed by atoms with van der Waals surface area (Å²) in [6.07, 6.45) is 4.85. The van der Waals surface area contributed by atoms with E-state index in [9.17, 15) is 0 Å². The Hall–Kier alpha value is -1.06. The first-order chi connectivity index (χ1) is 10.1. The average molecular weight is 290 g/mol. The van der Waals surface area contributed by atoms with Crippen molar-refractivity contribution in [1.82, 2.24) is 0 Å². The Balaban J connectivity index is 2.02. The molecule has 2 rings (SSSR count). The van der Waals surface area contributed by atoms with Gasteiger partial charge in [-0.05, 0) is 62.8 Å². The van der Waals surface area contributed by atoms with Crippen molar-refractivity contribution in [2.75, 3.05) is 24.6 Å². The highest BCUT2D eigenvalue weighted by Gasteiger charge is 2.20. The monoisotopic (exact) mass is 290 g/mol.